The second-order valence-corrected chi connectivity index (χ2v) is 7.15. The van der Waals surface area contributed by atoms with E-state index >= 15 is 0 Å². The normalized spacial score (nSPS) is 11.9. The van der Waals surface area contributed by atoms with Gasteiger partial charge in [-0.2, -0.15) is 0 Å². The molecule has 0 saturated carbocycles. The highest BCUT2D eigenvalue weighted by Gasteiger charge is 2.26. The molecule has 1 aromatic rings. The number of primary amides is 1. The Morgan fingerprint density at radius 3 is 2.36 bits per heavy atom. The van der Waals surface area contributed by atoms with Crippen LogP contribution in [-0.4, -0.2) is 42.6 Å². The maximum atomic E-state index is 12.7. The van der Waals surface area contributed by atoms with Gasteiger partial charge < -0.3 is 25.8 Å². The molecule has 0 aliphatic heterocycles. The summed E-state index contributed by atoms with van der Waals surface area (Å²) in [6.45, 7) is 6.71. The molecule has 9 nitrogen and oxygen atoms in total. The Balaban J connectivity index is 2.97. The number of hydrogen-bond acceptors (Lipinski definition) is 6. The van der Waals surface area contributed by atoms with Gasteiger partial charge in [0.2, 0.25) is 11.8 Å². The molecule has 0 bridgehead atoms. The highest BCUT2D eigenvalue weighted by molar-refractivity contribution is 6.00. The summed E-state index contributed by atoms with van der Waals surface area (Å²) < 4.78 is 9.75. The fourth-order valence-corrected chi connectivity index (χ4v) is 2.34. The van der Waals surface area contributed by atoms with Crippen LogP contribution in [0, 0.1) is 6.92 Å². The summed E-state index contributed by atoms with van der Waals surface area (Å²) in [5.41, 5.74) is 5.70. The van der Waals surface area contributed by atoms with E-state index in [0.717, 1.165) is 0 Å². The first-order valence-corrected chi connectivity index (χ1v) is 8.71. The standard InChI is InChI=1S/C19H27N3O6/c1-11-12(16(20)24)7-6-8-13(11)21-17(25)14(9-10-15(23)27-5)22-18(26)28-19(2,3)4/h6-8,14H,9-10H2,1-5H3,(H2,20,24)(H,21,25)(H,22,26). The van der Waals surface area contributed by atoms with Crippen LogP contribution in [-0.2, 0) is 19.1 Å². The highest BCUT2D eigenvalue weighted by Crippen LogP contribution is 2.19. The third kappa shape index (κ3) is 7.26. The molecule has 0 aromatic heterocycles. The minimum atomic E-state index is -1.05. The molecule has 0 heterocycles. The smallest absolute Gasteiger partial charge is 0.408 e. The van der Waals surface area contributed by atoms with Gasteiger partial charge in [-0.25, -0.2) is 4.79 Å². The van der Waals surface area contributed by atoms with Gasteiger partial charge in [0.25, 0.3) is 0 Å². The average Bonchev–Trinajstić information content (AvgIpc) is 2.57. The number of alkyl carbamates (subject to hydrolysis) is 1. The second-order valence-electron chi connectivity index (χ2n) is 7.15. The van der Waals surface area contributed by atoms with Crippen LogP contribution in [0.5, 0.6) is 0 Å². The first-order chi connectivity index (χ1) is 12.9. The van der Waals surface area contributed by atoms with E-state index in [-0.39, 0.29) is 18.4 Å². The molecule has 154 valence electrons. The van der Waals surface area contributed by atoms with Gasteiger partial charge in [0.1, 0.15) is 11.6 Å². The molecule has 0 radical (unpaired) electrons. The van der Waals surface area contributed by atoms with Crippen molar-refractivity contribution < 1.29 is 28.7 Å². The zero-order valence-electron chi connectivity index (χ0n) is 16.8. The summed E-state index contributed by atoms with van der Waals surface area (Å²) in [5, 5.41) is 5.10. The molecule has 1 unspecified atom stereocenters. The number of hydrogen-bond donors (Lipinski definition) is 3. The summed E-state index contributed by atoms with van der Waals surface area (Å²) >= 11 is 0. The number of rotatable bonds is 7. The quantitative estimate of drug-likeness (QED) is 0.605. The minimum absolute atomic E-state index is 0.00626. The number of nitrogens with one attached hydrogen (secondary N) is 2. The number of ether oxygens (including phenoxy) is 2. The lowest BCUT2D eigenvalue weighted by Gasteiger charge is -2.23. The number of carbonyl (C=O) groups excluding carboxylic acids is 4. The molecule has 0 aliphatic rings. The van der Waals surface area contributed by atoms with Crippen molar-refractivity contribution in [2.75, 3.05) is 12.4 Å². The van der Waals surface area contributed by atoms with Gasteiger partial charge in [0.15, 0.2) is 0 Å². The van der Waals surface area contributed by atoms with Gasteiger partial charge >= 0.3 is 12.1 Å². The third-order valence-corrected chi connectivity index (χ3v) is 3.73. The summed E-state index contributed by atoms with van der Waals surface area (Å²) in [7, 11) is 1.23. The van der Waals surface area contributed by atoms with Gasteiger partial charge in [-0.15, -0.1) is 0 Å². The average molecular weight is 393 g/mol. The van der Waals surface area contributed by atoms with E-state index in [2.05, 4.69) is 15.4 Å². The maximum Gasteiger partial charge on any atom is 0.408 e. The number of carbonyl (C=O) groups is 4. The third-order valence-electron chi connectivity index (χ3n) is 3.73. The topological polar surface area (TPSA) is 137 Å². The molecule has 0 fully saturated rings. The van der Waals surface area contributed by atoms with Crippen molar-refractivity contribution in [3.63, 3.8) is 0 Å². The Morgan fingerprint density at radius 1 is 1.18 bits per heavy atom. The van der Waals surface area contributed by atoms with Gasteiger partial charge in [-0.1, -0.05) is 6.07 Å². The number of methoxy groups -OCH3 is 1. The number of nitrogens with two attached hydrogens (primary N) is 1. The fourth-order valence-electron chi connectivity index (χ4n) is 2.34. The lowest BCUT2D eigenvalue weighted by molar-refractivity contribution is -0.140. The molecule has 4 N–H and O–H groups in total. The Hall–Kier alpha value is -3.10. The van der Waals surface area contributed by atoms with E-state index in [0.29, 0.717) is 11.3 Å². The van der Waals surface area contributed by atoms with Gasteiger partial charge in [0.05, 0.1) is 7.11 Å². The van der Waals surface area contributed by atoms with Crippen molar-refractivity contribution in [2.24, 2.45) is 5.73 Å². The lowest BCUT2D eigenvalue weighted by atomic mass is 10.1. The molecule has 1 aromatic carbocycles. The van der Waals surface area contributed by atoms with Crippen molar-refractivity contribution in [1.29, 1.82) is 0 Å². The van der Waals surface area contributed by atoms with Crippen LogP contribution >= 0.6 is 0 Å². The molecule has 0 spiro atoms. The summed E-state index contributed by atoms with van der Waals surface area (Å²) in [4.78, 5) is 47.7. The summed E-state index contributed by atoms with van der Waals surface area (Å²) in [6.07, 6.45) is -0.864. The Bertz CT molecular complexity index is 755. The van der Waals surface area contributed by atoms with E-state index in [1.807, 2.05) is 0 Å². The first-order valence-electron chi connectivity index (χ1n) is 8.71. The van der Waals surface area contributed by atoms with E-state index in [1.54, 1.807) is 45.9 Å². The van der Waals surface area contributed by atoms with E-state index in [1.165, 1.54) is 7.11 Å². The predicted octanol–water partition coefficient (Wildman–Crippen LogP) is 1.88. The zero-order valence-corrected chi connectivity index (χ0v) is 16.8. The Labute approximate surface area is 163 Å². The van der Waals surface area contributed by atoms with Gasteiger partial charge in [0, 0.05) is 17.7 Å². The SMILES string of the molecule is COC(=O)CCC(NC(=O)OC(C)(C)C)C(=O)Nc1cccc(C(N)=O)c1C. The maximum absolute atomic E-state index is 12.7. The second kappa shape index (κ2) is 9.72. The molecular weight excluding hydrogens is 366 g/mol. The van der Waals surface area contributed by atoms with Crippen LogP contribution in [0.3, 0.4) is 0 Å². The molecule has 0 aliphatic carbocycles. The monoisotopic (exact) mass is 393 g/mol. The van der Waals surface area contributed by atoms with E-state index in [9.17, 15) is 19.2 Å². The summed E-state index contributed by atoms with van der Waals surface area (Å²) in [5.74, 6) is -1.71. The Kier molecular flexibility index (Phi) is 7.97. The van der Waals surface area contributed by atoms with Crippen LogP contribution in [0.25, 0.3) is 0 Å². The number of amides is 3. The van der Waals surface area contributed by atoms with Gasteiger partial charge in [-0.05, 0) is 51.8 Å². The molecule has 28 heavy (non-hydrogen) atoms. The minimum Gasteiger partial charge on any atom is -0.469 e. The highest BCUT2D eigenvalue weighted by atomic mass is 16.6. The largest absolute Gasteiger partial charge is 0.469 e. The van der Waals surface area contributed by atoms with Crippen LogP contribution in [0.15, 0.2) is 18.2 Å². The molecular formula is C19H27N3O6. The number of benzene rings is 1. The molecule has 0 saturated heterocycles. The molecule has 3 amide bonds. The Morgan fingerprint density at radius 2 is 1.82 bits per heavy atom. The number of esters is 1. The van der Waals surface area contributed by atoms with Gasteiger partial charge in [-0.3, -0.25) is 14.4 Å². The van der Waals surface area contributed by atoms with E-state index < -0.39 is 35.5 Å². The van der Waals surface area contributed by atoms with Crippen molar-refractivity contribution in [3.8, 4) is 0 Å². The van der Waals surface area contributed by atoms with Crippen LogP contribution in [0.2, 0.25) is 0 Å². The molecule has 9 heteroatoms. The summed E-state index contributed by atoms with van der Waals surface area (Å²) in [6, 6.07) is 3.67. The lowest BCUT2D eigenvalue weighted by Crippen LogP contribution is -2.46. The number of anilines is 1. The van der Waals surface area contributed by atoms with Crippen molar-refractivity contribution >= 4 is 29.6 Å². The fraction of sp³-hybridized carbons (Fsp3) is 0.474. The van der Waals surface area contributed by atoms with Crippen LogP contribution < -0.4 is 16.4 Å². The predicted molar refractivity (Wildman–Crippen MR) is 103 cm³/mol. The van der Waals surface area contributed by atoms with E-state index in [4.69, 9.17) is 10.5 Å². The molecule has 1 atom stereocenters. The van der Waals surface area contributed by atoms with Crippen molar-refractivity contribution in [2.45, 2.75) is 52.2 Å². The van der Waals surface area contributed by atoms with Crippen LogP contribution in [0.1, 0.15) is 49.5 Å². The first kappa shape index (κ1) is 22.9. The van der Waals surface area contributed by atoms with Crippen molar-refractivity contribution in [1.82, 2.24) is 5.32 Å². The molecule has 1 rings (SSSR count). The van der Waals surface area contributed by atoms with Crippen LogP contribution in [0.4, 0.5) is 10.5 Å². The van der Waals surface area contributed by atoms with Crippen molar-refractivity contribution in [3.05, 3.63) is 29.3 Å². The zero-order chi connectivity index (χ0) is 21.5.